The lowest BCUT2D eigenvalue weighted by Crippen LogP contribution is -2.20. The maximum Gasteiger partial charge on any atom is 0.143 e. The molecule has 264 valence electrons. The molecular weight excluding hydrogens is 711 g/mol. The summed E-state index contributed by atoms with van der Waals surface area (Å²) in [5, 5.41) is 59.4. The van der Waals surface area contributed by atoms with Crippen LogP contribution in [0.4, 0.5) is 51.8 Å². The summed E-state index contributed by atoms with van der Waals surface area (Å²) in [6.07, 6.45) is 0. The van der Waals surface area contributed by atoms with Crippen LogP contribution in [0.2, 0.25) is 0 Å². The Kier molecular flexibility index (Phi) is 10.2. The normalized spacial score (nSPS) is 10.0. The van der Waals surface area contributed by atoms with Crippen LogP contribution in [0, 0.1) is 68.0 Å². The third-order valence-corrected chi connectivity index (χ3v) is 8.43. The smallest absolute Gasteiger partial charge is 0.143 e. The number of anilines is 9. The number of nitrogens with zero attached hydrogens (tertiary/aromatic N) is 13. The molecule has 0 fully saturated rings. The SMILES string of the molecule is N#Cc1cccc(N(c2cc(N(c3cccc(C#N)c3)c3cccc(C#N)n3)nc(N(c3cccc(C#N)c3)c3cccc(C#N)n3)c2)c2cccc(C#N)n2)c1. The van der Waals surface area contributed by atoms with E-state index in [1.807, 2.05) is 0 Å². The lowest BCUT2D eigenvalue weighted by molar-refractivity contribution is 1.07. The van der Waals surface area contributed by atoms with E-state index in [2.05, 4.69) is 51.4 Å². The van der Waals surface area contributed by atoms with Gasteiger partial charge < -0.3 is 0 Å². The molecule has 4 aromatic heterocycles. The number of benzene rings is 3. The van der Waals surface area contributed by atoms with Gasteiger partial charge in [0.15, 0.2) is 0 Å². The number of hydrogen-bond donors (Lipinski definition) is 0. The molecule has 0 bridgehead atoms. The molecule has 0 aliphatic carbocycles. The summed E-state index contributed by atoms with van der Waals surface area (Å²) in [5.74, 6) is 1.42. The standard InChI is InChI=1S/C44H23N13/c45-24-30-7-1-13-36(19-30)55(40-16-4-10-33(27-48)51-40)39-22-43(56(37-14-2-8-31(20-37)25-46)41-17-5-11-34(28-49)52-41)54-44(23-39)57(38-15-3-9-32(21-38)26-47)42-18-6-12-35(29-50)53-42/h1-23H. The second kappa shape index (κ2) is 16.1. The van der Waals surface area contributed by atoms with Gasteiger partial charge >= 0.3 is 0 Å². The molecule has 0 spiro atoms. The minimum Gasteiger partial charge on any atom is -0.295 e. The van der Waals surface area contributed by atoms with Gasteiger partial charge in [0.05, 0.1) is 52.0 Å². The van der Waals surface area contributed by atoms with Gasteiger partial charge in [-0.3, -0.25) is 14.7 Å². The topological polar surface area (TPSA) is 204 Å². The maximum atomic E-state index is 9.92. The summed E-state index contributed by atoms with van der Waals surface area (Å²) >= 11 is 0. The van der Waals surface area contributed by atoms with Gasteiger partial charge in [-0.2, -0.15) is 31.6 Å². The molecule has 0 saturated heterocycles. The van der Waals surface area contributed by atoms with Crippen molar-refractivity contribution in [3.05, 3.63) is 173 Å². The summed E-state index contributed by atoms with van der Waals surface area (Å²) in [5.41, 5.74) is 3.39. The Bertz CT molecular complexity index is 2430. The van der Waals surface area contributed by atoms with Crippen molar-refractivity contribution in [2.75, 3.05) is 14.7 Å². The van der Waals surface area contributed by atoms with Gasteiger partial charge in [-0.1, -0.05) is 36.4 Å². The highest BCUT2D eigenvalue weighted by Crippen LogP contribution is 2.43. The van der Waals surface area contributed by atoms with Crippen molar-refractivity contribution in [1.29, 1.82) is 31.6 Å². The lowest BCUT2D eigenvalue weighted by atomic mass is 10.1. The molecule has 0 unspecified atom stereocenters. The van der Waals surface area contributed by atoms with E-state index in [1.165, 1.54) is 0 Å². The van der Waals surface area contributed by atoms with Crippen molar-refractivity contribution in [1.82, 2.24) is 19.9 Å². The molecule has 0 radical (unpaired) electrons. The van der Waals surface area contributed by atoms with Gasteiger partial charge in [0.2, 0.25) is 0 Å². The molecule has 0 aliphatic heterocycles. The van der Waals surface area contributed by atoms with E-state index < -0.39 is 0 Å². The fourth-order valence-corrected chi connectivity index (χ4v) is 6.00. The van der Waals surface area contributed by atoms with Gasteiger partial charge in [-0.25, -0.2) is 19.9 Å². The van der Waals surface area contributed by atoms with Crippen LogP contribution >= 0.6 is 0 Å². The van der Waals surface area contributed by atoms with E-state index in [0.29, 0.717) is 56.9 Å². The van der Waals surface area contributed by atoms with Crippen molar-refractivity contribution in [2.24, 2.45) is 0 Å². The van der Waals surface area contributed by atoms with E-state index in [0.717, 1.165) is 0 Å². The van der Waals surface area contributed by atoms with E-state index in [1.54, 1.807) is 154 Å². The molecular formula is C44H23N13. The van der Waals surface area contributed by atoms with Gasteiger partial charge in [-0.15, -0.1) is 0 Å². The molecule has 0 amide bonds. The summed E-state index contributed by atoms with van der Waals surface area (Å²) in [6.45, 7) is 0. The number of rotatable bonds is 9. The first kappa shape index (κ1) is 36.0. The summed E-state index contributed by atoms with van der Waals surface area (Å²) in [6, 6.07) is 51.7. The van der Waals surface area contributed by atoms with Gasteiger partial charge in [0.25, 0.3) is 0 Å². The fourth-order valence-electron chi connectivity index (χ4n) is 6.00. The van der Waals surface area contributed by atoms with Crippen LogP contribution in [0.5, 0.6) is 0 Å². The van der Waals surface area contributed by atoms with Crippen LogP contribution in [0.15, 0.2) is 140 Å². The molecule has 7 rings (SSSR count). The molecule has 0 aliphatic rings. The van der Waals surface area contributed by atoms with Crippen LogP contribution < -0.4 is 14.7 Å². The molecule has 0 atom stereocenters. The molecule has 4 heterocycles. The first-order valence-electron chi connectivity index (χ1n) is 17.0. The van der Waals surface area contributed by atoms with E-state index in [9.17, 15) is 31.6 Å². The van der Waals surface area contributed by atoms with Gasteiger partial charge in [0.1, 0.15) is 64.4 Å². The van der Waals surface area contributed by atoms with E-state index in [-0.39, 0.29) is 28.7 Å². The van der Waals surface area contributed by atoms with E-state index >= 15 is 0 Å². The predicted molar refractivity (Wildman–Crippen MR) is 210 cm³/mol. The largest absolute Gasteiger partial charge is 0.295 e. The van der Waals surface area contributed by atoms with Crippen LogP contribution in [-0.4, -0.2) is 19.9 Å². The Morgan fingerprint density at radius 3 is 0.982 bits per heavy atom. The molecule has 13 nitrogen and oxygen atoms in total. The lowest BCUT2D eigenvalue weighted by Gasteiger charge is -2.31. The summed E-state index contributed by atoms with van der Waals surface area (Å²) < 4.78 is 0. The summed E-state index contributed by atoms with van der Waals surface area (Å²) in [4.78, 5) is 24.2. The molecule has 0 N–H and O–H groups in total. The fraction of sp³-hybridized carbons (Fsp3) is 0. The van der Waals surface area contributed by atoms with Crippen molar-refractivity contribution in [2.45, 2.75) is 0 Å². The number of aromatic nitrogens is 4. The van der Waals surface area contributed by atoms with Crippen molar-refractivity contribution < 1.29 is 0 Å². The highest BCUT2D eigenvalue weighted by molar-refractivity contribution is 5.85. The minimum absolute atomic E-state index is 0.130. The highest BCUT2D eigenvalue weighted by Gasteiger charge is 2.26. The Labute approximate surface area is 326 Å². The number of pyridine rings is 4. The molecule has 3 aromatic carbocycles. The average molecular weight is 734 g/mol. The third kappa shape index (κ3) is 7.58. The third-order valence-electron chi connectivity index (χ3n) is 8.43. The molecule has 57 heavy (non-hydrogen) atoms. The second-order valence-electron chi connectivity index (χ2n) is 12.0. The van der Waals surface area contributed by atoms with Crippen molar-refractivity contribution >= 4 is 51.8 Å². The first-order chi connectivity index (χ1) is 27.9. The predicted octanol–water partition coefficient (Wildman–Crippen LogP) is 8.91. The Hall–Kier alpha value is -9.40. The minimum atomic E-state index is 0.130. The van der Waals surface area contributed by atoms with Crippen LogP contribution in [-0.2, 0) is 0 Å². The van der Waals surface area contributed by atoms with Gasteiger partial charge in [0, 0.05) is 17.8 Å². The van der Waals surface area contributed by atoms with Crippen molar-refractivity contribution in [3.8, 4) is 36.4 Å². The number of hydrogen-bond acceptors (Lipinski definition) is 13. The number of nitriles is 6. The maximum absolute atomic E-state index is 9.92. The van der Waals surface area contributed by atoms with Crippen LogP contribution in [0.3, 0.4) is 0 Å². The molecule has 0 saturated carbocycles. The summed E-state index contributed by atoms with van der Waals surface area (Å²) in [7, 11) is 0. The van der Waals surface area contributed by atoms with Crippen LogP contribution in [0.25, 0.3) is 0 Å². The Balaban J connectivity index is 1.61. The molecule has 7 aromatic rings. The quantitative estimate of drug-likeness (QED) is 0.136. The first-order valence-corrected chi connectivity index (χ1v) is 17.0. The molecule has 13 heteroatoms. The van der Waals surface area contributed by atoms with Crippen LogP contribution in [0.1, 0.15) is 33.8 Å². The average Bonchev–Trinajstić information content (AvgIpc) is 3.27. The Morgan fingerprint density at radius 2 is 0.632 bits per heavy atom. The zero-order valence-corrected chi connectivity index (χ0v) is 29.6. The Morgan fingerprint density at radius 1 is 0.298 bits per heavy atom. The zero-order chi connectivity index (χ0) is 39.7. The zero-order valence-electron chi connectivity index (χ0n) is 29.6. The van der Waals surface area contributed by atoms with Gasteiger partial charge in [-0.05, 0) is 91.0 Å². The van der Waals surface area contributed by atoms with Crippen molar-refractivity contribution in [3.63, 3.8) is 0 Å². The monoisotopic (exact) mass is 733 g/mol. The van der Waals surface area contributed by atoms with E-state index in [4.69, 9.17) is 4.98 Å². The highest BCUT2D eigenvalue weighted by atomic mass is 15.3. The second-order valence-corrected chi connectivity index (χ2v) is 12.0.